The zero-order valence-corrected chi connectivity index (χ0v) is 18.4. The van der Waals surface area contributed by atoms with Gasteiger partial charge in [0.1, 0.15) is 24.3 Å². The average molecular weight is 401 g/mol. The van der Waals surface area contributed by atoms with Crippen LogP contribution in [0.4, 0.5) is 4.79 Å². The van der Waals surface area contributed by atoms with Crippen LogP contribution in [0, 0.1) is 11.8 Å². The molecular weight excluding hydrogens is 364 g/mol. The lowest BCUT2D eigenvalue weighted by Gasteiger charge is -2.37. The van der Waals surface area contributed by atoms with Gasteiger partial charge in [0, 0.05) is 26.7 Å². The highest BCUT2D eigenvalue weighted by Crippen LogP contribution is 2.41. The molecule has 0 aromatic rings. The first-order valence-electron chi connectivity index (χ1n) is 9.96. The number of nitrogens with one attached hydrogen (secondary N) is 1. The number of hydrogen-bond acceptors (Lipinski definition) is 6. The van der Waals surface area contributed by atoms with Gasteiger partial charge in [-0.15, -0.1) is 0 Å². The summed E-state index contributed by atoms with van der Waals surface area (Å²) in [6.45, 7) is 12.2. The maximum atomic E-state index is 13.5. The number of methoxy groups -OCH3 is 2. The van der Waals surface area contributed by atoms with Gasteiger partial charge in [0.25, 0.3) is 0 Å². The first-order valence-corrected chi connectivity index (χ1v) is 9.96. The van der Waals surface area contributed by atoms with E-state index in [-0.39, 0.29) is 36.5 Å². The number of rotatable bonds is 6. The van der Waals surface area contributed by atoms with E-state index < -0.39 is 23.5 Å². The highest BCUT2D eigenvalue weighted by atomic mass is 16.7. The van der Waals surface area contributed by atoms with Gasteiger partial charge in [-0.25, -0.2) is 4.79 Å². The van der Waals surface area contributed by atoms with Crippen molar-refractivity contribution in [3.63, 3.8) is 0 Å². The van der Waals surface area contributed by atoms with Crippen LogP contribution in [0.15, 0.2) is 0 Å². The molecule has 0 aliphatic carbocycles. The number of likely N-dealkylation sites (tertiary alicyclic amines) is 1. The summed E-state index contributed by atoms with van der Waals surface area (Å²) in [5.74, 6) is -0.807. The second-order valence-electron chi connectivity index (χ2n) is 9.24. The van der Waals surface area contributed by atoms with E-state index >= 15 is 0 Å². The number of nitrogens with zero attached hydrogens (tertiary/aromatic N) is 1. The Bertz CT molecular complexity index is 570. The lowest BCUT2D eigenvalue weighted by Crippen LogP contribution is -2.59. The first-order chi connectivity index (χ1) is 12.9. The van der Waals surface area contributed by atoms with Crippen molar-refractivity contribution >= 4 is 12.0 Å². The number of carbonyl (C=O) groups excluding carboxylic acids is 2. The molecule has 2 saturated heterocycles. The van der Waals surface area contributed by atoms with E-state index in [1.165, 1.54) is 0 Å². The summed E-state index contributed by atoms with van der Waals surface area (Å²) in [7, 11) is 3.12. The molecule has 0 unspecified atom stereocenters. The van der Waals surface area contributed by atoms with Crippen LogP contribution in [-0.4, -0.2) is 73.8 Å². The molecule has 2 rings (SSSR count). The molecule has 0 radical (unpaired) electrons. The monoisotopic (exact) mass is 400 g/mol. The maximum absolute atomic E-state index is 13.5. The second kappa shape index (κ2) is 8.55. The van der Waals surface area contributed by atoms with E-state index in [0.717, 1.165) is 0 Å². The van der Waals surface area contributed by atoms with Crippen LogP contribution in [0.3, 0.4) is 0 Å². The topological polar surface area (TPSA) is 86.3 Å². The van der Waals surface area contributed by atoms with Gasteiger partial charge in [-0.3, -0.25) is 4.79 Å². The van der Waals surface area contributed by atoms with Crippen LogP contribution in [0.2, 0.25) is 0 Å². The van der Waals surface area contributed by atoms with Gasteiger partial charge in [-0.1, -0.05) is 20.8 Å². The summed E-state index contributed by atoms with van der Waals surface area (Å²) in [6, 6.07) is -1.05. The van der Waals surface area contributed by atoms with Crippen LogP contribution < -0.4 is 5.32 Å². The highest BCUT2D eigenvalue weighted by molar-refractivity contribution is 5.86. The quantitative estimate of drug-likeness (QED) is 0.688. The largest absolute Gasteiger partial charge is 0.444 e. The Balaban J connectivity index is 2.23. The van der Waals surface area contributed by atoms with E-state index in [2.05, 4.69) is 5.32 Å². The number of fused-ring (bicyclic) bond motifs is 1. The van der Waals surface area contributed by atoms with Crippen molar-refractivity contribution in [1.82, 2.24) is 10.2 Å². The molecule has 2 aliphatic rings. The van der Waals surface area contributed by atoms with Gasteiger partial charge in [0.05, 0.1) is 6.10 Å². The molecule has 0 aromatic carbocycles. The Morgan fingerprint density at radius 3 is 2.36 bits per heavy atom. The Labute approximate surface area is 168 Å². The molecule has 8 heteroatoms. The zero-order valence-electron chi connectivity index (χ0n) is 18.4. The van der Waals surface area contributed by atoms with E-state index in [4.69, 9.17) is 18.9 Å². The number of ether oxygens (including phenoxy) is 4. The number of hydrogen-bond donors (Lipinski definition) is 1. The van der Waals surface area contributed by atoms with Crippen LogP contribution >= 0.6 is 0 Å². The van der Waals surface area contributed by atoms with Crippen LogP contribution in [0.25, 0.3) is 0 Å². The Kier molecular flexibility index (Phi) is 6.99. The molecule has 2 aliphatic heterocycles. The molecule has 2 amide bonds. The molecule has 2 fully saturated rings. The van der Waals surface area contributed by atoms with Crippen molar-refractivity contribution in [3.05, 3.63) is 0 Å². The van der Waals surface area contributed by atoms with Crippen molar-refractivity contribution in [2.45, 2.75) is 77.5 Å². The van der Waals surface area contributed by atoms with E-state index in [1.54, 1.807) is 39.9 Å². The van der Waals surface area contributed by atoms with Crippen LogP contribution in [0.1, 0.15) is 48.0 Å². The van der Waals surface area contributed by atoms with Crippen molar-refractivity contribution in [2.24, 2.45) is 11.8 Å². The van der Waals surface area contributed by atoms with Gasteiger partial charge < -0.3 is 29.2 Å². The predicted octanol–water partition coefficient (Wildman–Crippen LogP) is 2.16. The molecule has 0 aromatic heterocycles. The van der Waals surface area contributed by atoms with Crippen molar-refractivity contribution in [3.8, 4) is 0 Å². The SMILES string of the molecule is COC1(OC)CO[C@@H]2[C@H](C)CN(C(=O)[C@H](CC(C)C)NC(=O)OC(C)(C)C)[C@@H]21. The molecular formula is C20H36N2O6. The zero-order chi connectivity index (χ0) is 21.3. The maximum Gasteiger partial charge on any atom is 0.408 e. The molecule has 0 spiro atoms. The molecule has 8 nitrogen and oxygen atoms in total. The average Bonchev–Trinajstić information content (AvgIpc) is 3.11. The van der Waals surface area contributed by atoms with Crippen molar-refractivity contribution in [1.29, 1.82) is 0 Å². The fourth-order valence-corrected chi connectivity index (χ4v) is 4.07. The fourth-order valence-electron chi connectivity index (χ4n) is 4.07. The van der Waals surface area contributed by atoms with E-state index in [9.17, 15) is 9.59 Å². The van der Waals surface area contributed by atoms with Crippen molar-refractivity contribution in [2.75, 3.05) is 27.4 Å². The lowest BCUT2D eigenvalue weighted by atomic mass is 9.99. The molecule has 0 saturated carbocycles. The first kappa shape index (κ1) is 22.9. The molecule has 162 valence electrons. The standard InChI is InChI=1S/C20H36N2O6/c1-12(2)9-14(21-18(24)28-19(4,5)6)17(23)22-10-13(3)15-16(22)20(25-7,26-8)11-27-15/h12-16H,9-11H2,1-8H3,(H,21,24)/t13-,14+,15-,16+/m1/s1. The minimum absolute atomic E-state index is 0.141. The Hall–Kier alpha value is -1.38. The van der Waals surface area contributed by atoms with E-state index in [0.29, 0.717) is 13.0 Å². The molecule has 1 N–H and O–H groups in total. The molecule has 0 bridgehead atoms. The third kappa shape index (κ3) is 4.78. The third-order valence-electron chi connectivity index (χ3n) is 5.29. The molecule has 28 heavy (non-hydrogen) atoms. The second-order valence-corrected chi connectivity index (χ2v) is 9.24. The van der Waals surface area contributed by atoms with Crippen LogP contribution in [-0.2, 0) is 23.7 Å². The number of amides is 2. The van der Waals surface area contributed by atoms with Crippen molar-refractivity contribution < 1.29 is 28.5 Å². The predicted molar refractivity (Wildman–Crippen MR) is 104 cm³/mol. The summed E-state index contributed by atoms with van der Waals surface area (Å²) in [6.07, 6.45) is -0.249. The van der Waals surface area contributed by atoms with E-state index in [1.807, 2.05) is 20.8 Å². The molecule has 2 heterocycles. The van der Waals surface area contributed by atoms with Gasteiger partial charge in [0.2, 0.25) is 11.7 Å². The third-order valence-corrected chi connectivity index (χ3v) is 5.29. The van der Waals surface area contributed by atoms with Gasteiger partial charge in [-0.2, -0.15) is 0 Å². The fraction of sp³-hybridized carbons (Fsp3) is 0.900. The minimum Gasteiger partial charge on any atom is -0.444 e. The summed E-state index contributed by atoms with van der Waals surface area (Å²) in [5.41, 5.74) is -0.636. The number of carbonyl (C=O) groups is 2. The Morgan fingerprint density at radius 2 is 1.86 bits per heavy atom. The summed E-state index contributed by atoms with van der Waals surface area (Å²) < 4.78 is 22.6. The normalized spacial score (nSPS) is 27.6. The summed E-state index contributed by atoms with van der Waals surface area (Å²) >= 11 is 0. The minimum atomic E-state index is -1.00. The summed E-state index contributed by atoms with van der Waals surface area (Å²) in [5, 5.41) is 2.76. The Morgan fingerprint density at radius 1 is 1.25 bits per heavy atom. The highest BCUT2D eigenvalue weighted by Gasteiger charge is 2.60. The van der Waals surface area contributed by atoms with Gasteiger partial charge in [0.15, 0.2) is 0 Å². The van der Waals surface area contributed by atoms with Crippen LogP contribution in [0.5, 0.6) is 0 Å². The van der Waals surface area contributed by atoms with Gasteiger partial charge >= 0.3 is 6.09 Å². The molecule has 4 atom stereocenters. The number of alkyl carbamates (subject to hydrolysis) is 1. The summed E-state index contributed by atoms with van der Waals surface area (Å²) in [4.78, 5) is 27.6. The smallest absolute Gasteiger partial charge is 0.408 e. The lowest BCUT2D eigenvalue weighted by molar-refractivity contribution is -0.227. The van der Waals surface area contributed by atoms with Gasteiger partial charge in [-0.05, 0) is 33.1 Å².